The van der Waals surface area contributed by atoms with Crippen LogP contribution in [0.25, 0.3) is 10.8 Å². The number of nitrogens with two attached hydrogens (primary N) is 1. The lowest BCUT2D eigenvalue weighted by Crippen LogP contribution is -2.27. The summed E-state index contributed by atoms with van der Waals surface area (Å²) in [6, 6.07) is 11.1. The summed E-state index contributed by atoms with van der Waals surface area (Å²) in [4.78, 5) is 29.2. The number of hydrogen-bond acceptors (Lipinski definition) is 5. The lowest BCUT2D eigenvalue weighted by molar-refractivity contribution is -0.115. The molecule has 2 aromatic carbocycles. The Bertz CT molecular complexity index is 1000. The maximum absolute atomic E-state index is 13.0. The normalized spacial score (nSPS) is 12.1. The molecule has 3 aromatic rings. The Kier molecular flexibility index (Phi) is 6.30. The van der Waals surface area contributed by atoms with E-state index in [1.54, 1.807) is 23.9 Å². The molecule has 0 aliphatic carbocycles. The monoisotopic (exact) mass is 397 g/mol. The number of amides is 2. The fraction of sp³-hybridized carbons (Fsp3) is 0.300. The van der Waals surface area contributed by atoms with E-state index in [0.717, 1.165) is 23.6 Å². The van der Waals surface area contributed by atoms with Gasteiger partial charge in [0.05, 0.1) is 16.5 Å². The molecule has 3 N–H and O–H groups in total. The van der Waals surface area contributed by atoms with Gasteiger partial charge in [0.1, 0.15) is 6.33 Å². The Morgan fingerprint density at radius 1 is 1.25 bits per heavy atom. The number of nitrogens with zero attached hydrogens (tertiary/aromatic N) is 3. The van der Waals surface area contributed by atoms with Gasteiger partial charge >= 0.3 is 0 Å². The summed E-state index contributed by atoms with van der Waals surface area (Å²) >= 11 is 1.37. The zero-order valence-electron chi connectivity index (χ0n) is 15.9. The van der Waals surface area contributed by atoms with Gasteiger partial charge in [-0.2, -0.15) is 5.10 Å². The molecule has 146 valence electrons. The minimum atomic E-state index is -0.577. The molecule has 28 heavy (non-hydrogen) atoms. The largest absolute Gasteiger partial charge is 0.366 e. The van der Waals surface area contributed by atoms with Crippen LogP contribution in [0.15, 0.2) is 47.9 Å². The number of thioether (sulfide) groups is 1. The second kappa shape index (κ2) is 8.88. The number of fused-ring (bicyclic) bond motifs is 1. The third-order valence-corrected chi connectivity index (χ3v) is 5.75. The molecule has 0 saturated heterocycles. The van der Waals surface area contributed by atoms with Gasteiger partial charge in [0.25, 0.3) is 5.91 Å². The Balaban J connectivity index is 1.88. The minimum Gasteiger partial charge on any atom is -0.366 e. The van der Waals surface area contributed by atoms with Crippen molar-refractivity contribution >= 4 is 40.0 Å². The SMILES string of the molecule is CCCCC(Sc1ncnn1C)C(=O)Nc1cc2ccccc2cc1C(N)=O. The van der Waals surface area contributed by atoms with Crippen LogP contribution in [0.1, 0.15) is 36.5 Å². The van der Waals surface area contributed by atoms with E-state index in [2.05, 4.69) is 22.3 Å². The molecule has 7 nitrogen and oxygen atoms in total. The number of unbranched alkanes of at least 4 members (excludes halogenated alkanes) is 1. The second-order valence-corrected chi connectivity index (χ2v) is 7.68. The maximum atomic E-state index is 13.0. The Morgan fingerprint density at radius 3 is 2.57 bits per heavy atom. The molecular weight excluding hydrogens is 374 g/mol. The molecule has 1 unspecified atom stereocenters. The summed E-state index contributed by atoms with van der Waals surface area (Å²) in [5.74, 6) is -0.758. The van der Waals surface area contributed by atoms with E-state index >= 15 is 0 Å². The lowest BCUT2D eigenvalue weighted by atomic mass is 10.0. The molecule has 1 heterocycles. The van der Waals surface area contributed by atoms with Gasteiger partial charge in [-0.25, -0.2) is 9.67 Å². The van der Waals surface area contributed by atoms with Crippen molar-refractivity contribution in [2.24, 2.45) is 12.8 Å². The first-order chi connectivity index (χ1) is 13.5. The van der Waals surface area contributed by atoms with E-state index in [4.69, 9.17) is 5.73 Å². The van der Waals surface area contributed by atoms with Gasteiger partial charge in [-0.1, -0.05) is 55.8 Å². The van der Waals surface area contributed by atoms with Gasteiger partial charge in [-0.05, 0) is 29.3 Å². The number of aryl methyl sites for hydroxylation is 1. The topological polar surface area (TPSA) is 103 Å². The number of aromatic nitrogens is 3. The van der Waals surface area contributed by atoms with Crippen molar-refractivity contribution < 1.29 is 9.59 Å². The third kappa shape index (κ3) is 4.51. The van der Waals surface area contributed by atoms with E-state index in [1.165, 1.54) is 18.1 Å². The number of hydrogen-bond donors (Lipinski definition) is 2. The van der Waals surface area contributed by atoms with Crippen LogP contribution in [0.4, 0.5) is 5.69 Å². The van der Waals surface area contributed by atoms with Crippen LogP contribution in [-0.2, 0) is 11.8 Å². The second-order valence-electron chi connectivity index (χ2n) is 6.51. The molecule has 0 bridgehead atoms. The predicted octanol–water partition coefficient (Wildman–Crippen LogP) is 3.36. The van der Waals surface area contributed by atoms with Crippen molar-refractivity contribution in [1.29, 1.82) is 0 Å². The van der Waals surface area contributed by atoms with Crippen LogP contribution >= 0.6 is 11.8 Å². The van der Waals surface area contributed by atoms with Crippen LogP contribution in [0.2, 0.25) is 0 Å². The maximum Gasteiger partial charge on any atom is 0.250 e. The van der Waals surface area contributed by atoms with E-state index in [0.29, 0.717) is 22.8 Å². The molecule has 0 fully saturated rings. The zero-order valence-corrected chi connectivity index (χ0v) is 16.7. The quantitative estimate of drug-likeness (QED) is 0.567. The van der Waals surface area contributed by atoms with Crippen molar-refractivity contribution in [3.05, 3.63) is 48.3 Å². The van der Waals surface area contributed by atoms with Crippen LogP contribution in [0, 0.1) is 0 Å². The summed E-state index contributed by atoms with van der Waals surface area (Å²) in [6.07, 6.45) is 4.04. The van der Waals surface area contributed by atoms with Gasteiger partial charge in [-0.15, -0.1) is 0 Å². The first kappa shape index (κ1) is 19.9. The molecule has 0 saturated carbocycles. The van der Waals surface area contributed by atoms with Crippen LogP contribution in [-0.4, -0.2) is 31.8 Å². The first-order valence-electron chi connectivity index (χ1n) is 9.13. The zero-order chi connectivity index (χ0) is 20.1. The van der Waals surface area contributed by atoms with Crippen LogP contribution in [0.3, 0.4) is 0 Å². The minimum absolute atomic E-state index is 0.181. The fourth-order valence-corrected chi connectivity index (χ4v) is 3.93. The summed E-state index contributed by atoms with van der Waals surface area (Å²) in [6.45, 7) is 2.08. The van der Waals surface area contributed by atoms with Gasteiger partial charge in [0.15, 0.2) is 5.16 Å². The van der Waals surface area contributed by atoms with Crippen LogP contribution in [0.5, 0.6) is 0 Å². The number of rotatable bonds is 8. The molecule has 1 aromatic heterocycles. The fourth-order valence-electron chi connectivity index (χ4n) is 2.91. The average Bonchev–Trinajstić information content (AvgIpc) is 3.08. The predicted molar refractivity (Wildman–Crippen MR) is 111 cm³/mol. The van der Waals surface area contributed by atoms with E-state index in [-0.39, 0.29) is 11.2 Å². The molecule has 0 aliphatic heterocycles. The van der Waals surface area contributed by atoms with Crippen molar-refractivity contribution in [3.8, 4) is 0 Å². The number of carbonyl (C=O) groups excluding carboxylic acids is 2. The average molecular weight is 398 g/mol. The highest BCUT2D eigenvalue weighted by atomic mass is 32.2. The standard InChI is InChI=1S/C20H23N5O2S/c1-3-4-9-17(28-20-22-12-23-25(20)2)19(27)24-16-11-14-8-6-5-7-13(14)10-15(16)18(21)26/h5-8,10-12,17H,3-4,9H2,1-2H3,(H2,21,26)(H,24,27). The lowest BCUT2D eigenvalue weighted by Gasteiger charge is -2.17. The number of carbonyl (C=O) groups is 2. The van der Waals surface area contributed by atoms with Gasteiger partial charge < -0.3 is 11.1 Å². The summed E-state index contributed by atoms with van der Waals surface area (Å²) < 4.78 is 1.64. The van der Waals surface area contributed by atoms with E-state index < -0.39 is 5.91 Å². The molecule has 2 amide bonds. The van der Waals surface area contributed by atoms with E-state index in [9.17, 15) is 9.59 Å². The number of anilines is 1. The Hall–Kier alpha value is -2.87. The molecule has 3 rings (SSSR count). The van der Waals surface area contributed by atoms with E-state index in [1.807, 2.05) is 24.3 Å². The molecule has 1 atom stereocenters. The molecule has 0 aliphatic rings. The van der Waals surface area contributed by atoms with Crippen molar-refractivity contribution in [2.45, 2.75) is 36.6 Å². The number of nitrogens with one attached hydrogen (secondary N) is 1. The Labute approximate surface area is 167 Å². The summed E-state index contributed by atoms with van der Waals surface area (Å²) in [7, 11) is 1.79. The highest BCUT2D eigenvalue weighted by molar-refractivity contribution is 8.00. The summed E-state index contributed by atoms with van der Waals surface area (Å²) in [5.41, 5.74) is 6.27. The highest BCUT2D eigenvalue weighted by Crippen LogP contribution is 2.28. The smallest absolute Gasteiger partial charge is 0.250 e. The van der Waals surface area contributed by atoms with Gasteiger partial charge in [0.2, 0.25) is 5.91 Å². The van der Waals surface area contributed by atoms with Gasteiger partial charge in [-0.3, -0.25) is 9.59 Å². The number of benzene rings is 2. The Morgan fingerprint density at radius 2 is 1.96 bits per heavy atom. The molecule has 0 spiro atoms. The third-order valence-electron chi connectivity index (χ3n) is 4.44. The van der Waals surface area contributed by atoms with Crippen LogP contribution < -0.4 is 11.1 Å². The molecule has 8 heteroatoms. The van der Waals surface area contributed by atoms with Crippen molar-refractivity contribution in [2.75, 3.05) is 5.32 Å². The molecular formula is C20H23N5O2S. The summed E-state index contributed by atoms with van der Waals surface area (Å²) in [5, 5.41) is 9.10. The number of primary amides is 1. The first-order valence-corrected chi connectivity index (χ1v) is 10.0. The van der Waals surface area contributed by atoms with Crippen molar-refractivity contribution in [3.63, 3.8) is 0 Å². The van der Waals surface area contributed by atoms with Crippen molar-refractivity contribution in [1.82, 2.24) is 14.8 Å². The van der Waals surface area contributed by atoms with Gasteiger partial charge in [0, 0.05) is 7.05 Å². The highest BCUT2D eigenvalue weighted by Gasteiger charge is 2.23. The molecule has 0 radical (unpaired) electrons.